The molecule has 0 spiro atoms. The van der Waals surface area contributed by atoms with Crippen LogP contribution in [-0.4, -0.2) is 100 Å². The summed E-state index contributed by atoms with van der Waals surface area (Å²) in [4.78, 5) is 31.6. The molecule has 0 radical (unpaired) electrons. The highest BCUT2D eigenvalue weighted by atomic mass is 19.1. The van der Waals surface area contributed by atoms with Crippen molar-refractivity contribution in [1.29, 1.82) is 0 Å². The van der Waals surface area contributed by atoms with Crippen molar-refractivity contribution in [2.75, 3.05) is 26.2 Å². The van der Waals surface area contributed by atoms with E-state index >= 15 is 4.39 Å². The number of aliphatic carboxylic acids is 1. The molecule has 2 saturated heterocycles. The van der Waals surface area contributed by atoms with E-state index in [1.807, 2.05) is 0 Å². The number of Topliss-reactive ketones (excluding diaryl/α,β-unsaturated/α-hetero) is 1. The van der Waals surface area contributed by atoms with Gasteiger partial charge < -0.3 is 14.7 Å². The van der Waals surface area contributed by atoms with Gasteiger partial charge in [-0.25, -0.2) is 9.18 Å². The molecule has 7 nitrogen and oxygen atoms in total. The van der Waals surface area contributed by atoms with E-state index in [0.717, 1.165) is 51.9 Å². The number of carboxylic acids is 1. The third-order valence-electron chi connectivity index (χ3n) is 8.27. The van der Waals surface area contributed by atoms with Crippen LogP contribution in [0.5, 0.6) is 0 Å². The van der Waals surface area contributed by atoms with Gasteiger partial charge in [-0.2, -0.15) is 0 Å². The Labute approximate surface area is 183 Å². The maximum Gasteiger partial charge on any atom is 0.340 e. The molecule has 5 rings (SSSR count). The second-order valence-corrected chi connectivity index (χ2v) is 10.2. The smallest absolute Gasteiger partial charge is 0.340 e. The summed E-state index contributed by atoms with van der Waals surface area (Å²) < 4.78 is 22.3. The number of carboxylic acid groups (broad SMARTS) is 1. The molecule has 2 saturated carbocycles. The lowest BCUT2D eigenvalue weighted by atomic mass is 9.69. The van der Waals surface area contributed by atoms with E-state index in [2.05, 4.69) is 28.5 Å². The van der Waals surface area contributed by atoms with Crippen LogP contribution < -0.4 is 0 Å². The molecular formula is C23H34FN3O4. The maximum atomic E-state index is 15.7. The molecular weight excluding hydrogens is 401 g/mol. The fourth-order valence-electron chi connectivity index (χ4n) is 6.70. The quantitative estimate of drug-likeness (QED) is 0.676. The number of nitrogens with zero attached hydrogens (tertiary/aromatic N) is 3. The highest BCUT2D eigenvalue weighted by Crippen LogP contribution is 2.46. The number of rotatable bonds is 3. The Kier molecular flexibility index (Phi) is 5.59. The summed E-state index contributed by atoms with van der Waals surface area (Å²) in [6.45, 7) is 7.75. The average Bonchev–Trinajstić information content (AvgIpc) is 2.75. The van der Waals surface area contributed by atoms with E-state index < -0.39 is 29.9 Å². The molecule has 3 aliphatic heterocycles. The van der Waals surface area contributed by atoms with Gasteiger partial charge in [-0.1, -0.05) is 12.8 Å². The van der Waals surface area contributed by atoms with Gasteiger partial charge in [0.05, 0.1) is 30.3 Å². The van der Waals surface area contributed by atoms with E-state index in [9.17, 15) is 14.7 Å². The van der Waals surface area contributed by atoms with Gasteiger partial charge in [-0.15, -0.1) is 0 Å². The number of ether oxygens (including phenoxy) is 1. The summed E-state index contributed by atoms with van der Waals surface area (Å²) in [5, 5.41) is 9.63. The minimum Gasteiger partial charge on any atom is -0.478 e. The number of morpholine rings is 1. The summed E-state index contributed by atoms with van der Waals surface area (Å²) in [6, 6.07) is -0.0998. The Balaban J connectivity index is 1.48. The van der Waals surface area contributed by atoms with Gasteiger partial charge in [0.2, 0.25) is 0 Å². The Morgan fingerprint density at radius 1 is 1.16 bits per heavy atom. The first-order chi connectivity index (χ1) is 14.9. The molecule has 0 bridgehead atoms. The maximum absolute atomic E-state index is 15.7. The molecule has 7 unspecified atom stereocenters. The van der Waals surface area contributed by atoms with E-state index in [0.29, 0.717) is 6.04 Å². The fraction of sp³-hybridized carbons (Fsp3) is 0.826. The number of halogens is 1. The minimum absolute atomic E-state index is 0.0279. The van der Waals surface area contributed by atoms with Gasteiger partial charge in [0.15, 0.2) is 5.78 Å². The SMILES string of the molecule is CC(C)N1CCN(C2C(F)CC3C(=O)C(C(=O)O)=CN4C5CCCCC5OC2C34)CC1. The van der Waals surface area contributed by atoms with Crippen LogP contribution in [0.3, 0.4) is 0 Å². The Morgan fingerprint density at radius 2 is 1.87 bits per heavy atom. The Bertz CT molecular complexity index is 766. The zero-order valence-corrected chi connectivity index (χ0v) is 18.5. The van der Waals surface area contributed by atoms with E-state index in [4.69, 9.17) is 4.74 Å². The molecule has 3 heterocycles. The number of ketones is 1. The van der Waals surface area contributed by atoms with Gasteiger partial charge in [0, 0.05) is 44.3 Å². The second-order valence-electron chi connectivity index (χ2n) is 10.2. The number of carbonyl (C=O) groups excluding carboxylic acids is 1. The molecule has 7 atom stereocenters. The van der Waals surface area contributed by atoms with Crippen molar-refractivity contribution in [3.8, 4) is 0 Å². The van der Waals surface area contributed by atoms with Gasteiger partial charge in [-0.3, -0.25) is 14.6 Å². The highest BCUT2D eigenvalue weighted by molar-refractivity contribution is 6.18. The predicted octanol–water partition coefficient (Wildman–Crippen LogP) is 1.67. The first kappa shape index (κ1) is 21.3. The van der Waals surface area contributed by atoms with Crippen molar-refractivity contribution in [2.24, 2.45) is 5.92 Å². The van der Waals surface area contributed by atoms with Crippen molar-refractivity contribution in [3.63, 3.8) is 0 Å². The Hall–Kier alpha value is -1.51. The first-order valence-corrected chi connectivity index (χ1v) is 11.9. The second kappa shape index (κ2) is 8.12. The molecule has 0 aromatic rings. The van der Waals surface area contributed by atoms with Gasteiger partial charge in [0.25, 0.3) is 0 Å². The highest BCUT2D eigenvalue weighted by Gasteiger charge is 2.59. The molecule has 8 heteroatoms. The van der Waals surface area contributed by atoms with Crippen molar-refractivity contribution in [3.05, 3.63) is 11.8 Å². The van der Waals surface area contributed by atoms with Crippen LogP contribution >= 0.6 is 0 Å². The number of carbonyl (C=O) groups is 2. The van der Waals surface area contributed by atoms with Crippen molar-refractivity contribution >= 4 is 11.8 Å². The normalized spacial score (nSPS) is 41.5. The molecule has 0 aromatic heterocycles. The van der Waals surface area contributed by atoms with Crippen molar-refractivity contribution < 1.29 is 23.8 Å². The lowest BCUT2D eigenvalue weighted by molar-refractivity contribution is -0.213. The van der Waals surface area contributed by atoms with Crippen LogP contribution in [-0.2, 0) is 14.3 Å². The van der Waals surface area contributed by atoms with Crippen LogP contribution in [0.1, 0.15) is 46.0 Å². The van der Waals surface area contributed by atoms with Crippen LogP contribution in [0, 0.1) is 5.92 Å². The largest absolute Gasteiger partial charge is 0.478 e. The summed E-state index contributed by atoms with van der Waals surface area (Å²) in [6.07, 6.45) is 3.98. The third-order valence-corrected chi connectivity index (χ3v) is 8.27. The number of hydrogen-bond donors (Lipinski definition) is 1. The zero-order chi connectivity index (χ0) is 21.9. The van der Waals surface area contributed by atoms with Gasteiger partial charge in [0.1, 0.15) is 11.7 Å². The molecule has 172 valence electrons. The number of alkyl halides is 1. The molecule has 2 aliphatic carbocycles. The van der Waals surface area contributed by atoms with Crippen molar-refractivity contribution in [2.45, 2.75) is 88.5 Å². The Morgan fingerprint density at radius 3 is 2.55 bits per heavy atom. The molecule has 1 N–H and O–H groups in total. The van der Waals surface area contributed by atoms with E-state index in [1.165, 1.54) is 0 Å². The summed E-state index contributed by atoms with van der Waals surface area (Å²) in [5.74, 6) is -2.28. The first-order valence-electron chi connectivity index (χ1n) is 11.9. The molecule has 0 amide bonds. The van der Waals surface area contributed by atoms with Crippen LogP contribution in [0.15, 0.2) is 11.8 Å². The summed E-state index contributed by atoms with van der Waals surface area (Å²) >= 11 is 0. The van der Waals surface area contributed by atoms with Crippen LogP contribution in [0.4, 0.5) is 4.39 Å². The standard InChI is InChI=1S/C23H34FN3O4/c1-13(2)25-7-9-26(10-8-25)20-16(24)11-14-19-22(20)31-18-6-4-3-5-17(18)27(19)12-15(21(14)28)23(29)30/h12-14,16-20,22H,3-11H2,1-2H3,(H,29,30). The topological polar surface area (TPSA) is 73.3 Å². The number of piperazine rings is 1. The molecule has 31 heavy (non-hydrogen) atoms. The molecule has 5 aliphatic rings. The lowest BCUT2D eigenvalue weighted by Gasteiger charge is -2.60. The molecule has 0 aromatic carbocycles. The van der Waals surface area contributed by atoms with Crippen molar-refractivity contribution in [1.82, 2.24) is 14.7 Å². The predicted molar refractivity (Wildman–Crippen MR) is 112 cm³/mol. The van der Waals surface area contributed by atoms with Crippen LogP contribution in [0.2, 0.25) is 0 Å². The number of hydrogen-bond acceptors (Lipinski definition) is 6. The van der Waals surface area contributed by atoms with E-state index in [1.54, 1.807) is 6.20 Å². The minimum atomic E-state index is -1.21. The summed E-state index contributed by atoms with van der Waals surface area (Å²) in [5.41, 5.74) is -0.192. The average molecular weight is 436 g/mol. The lowest BCUT2D eigenvalue weighted by Crippen LogP contribution is -2.73. The van der Waals surface area contributed by atoms with Gasteiger partial charge >= 0.3 is 5.97 Å². The fourth-order valence-corrected chi connectivity index (χ4v) is 6.70. The van der Waals surface area contributed by atoms with Gasteiger partial charge in [-0.05, 0) is 33.1 Å². The monoisotopic (exact) mass is 435 g/mol. The van der Waals surface area contributed by atoms with E-state index in [-0.39, 0.29) is 36.2 Å². The summed E-state index contributed by atoms with van der Waals surface area (Å²) in [7, 11) is 0. The molecule has 4 fully saturated rings. The van der Waals surface area contributed by atoms with Crippen LogP contribution in [0.25, 0.3) is 0 Å². The zero-order valence-electron chi connectivity index (χ0n) is 18.5. The third kappa shape index (κ3) is 3.51. The number of fused-ring (bicyclic) bond motifs is 2.